The predicted molar refractivity (Wildman–Crippen MR) is 79.9 cm³/mol. The number of nitrogens with zero attached hydrogens (tertiary/aromatic N) is 1. The minimum Gasteiger partial charge on any atom is -0.351 e. The van der Waals surface area contributed by atoms with E-state index < -0.39 is 23.3 Å². The molecule has 0 unspecified atom stereocenters. The molecular weight excluding hydrogens is 307 g/mol. The number of carbonyl (C=O) groups excluding carboxylic acids is 1. The maximum Gasteiger partial charge on any atom is 0.433 e. The Hall–Kier alpha value is -2.31. The molecule has 1 heterocycles. The maximum absolute atomic E-state index is 12.8. The second-order valence-corrected chi connectivity index (χ2v) is 5.63. The molecule has 0 aliphatic rings. The summed E-state index contributed by atoms with van der Waals surface area (Å²) in [4.78, 5) is 12.1. The molecule has 0 radical (unpaired) electrons. The molecule has 1 aromatic heterocycles. The number of amides is 1. The van der Waals surface area contributed by atoms with Crippen LogP contribution in [0.25, 0.3) is 0 Å². The number of aromatic amines is 1. The quantitative estimate of drug-likeness (QED) is 0.882. The van der Waals surface area contributed by atoms with Gasteiger partial charge in [-0.1, -0.05) is 44.2 Å². The first-order valence-electron chi connectivity index (χ1n) is 7.24. The smallest absolute Gasteiger partial charge is 0.351 e. The van der Waals surface area contributed by atoms with E-state index in [4.69, 9.17) is 0 Å². The van der Waals surface area contributed by atoms with Crippen LogP contribution in [0.4, 0.5) is 13.2 Å². The number of H-pyrrole nitrogens is 1. The van der Waals surface area contributed by atoms with E-state index in [-0.39, 0.29) is 18.4 Å². The van der Waals surface area contributed by atoms with E-state index in [1.807, 2.05) is 49.3 Å². The Kier molecular flexibility index (Phi) is 5.08. The molecule has 0 spiro atoms. The Balaban J connectivity index is 2.10. The fraction of sp³-hybridized carbons (Fsp3) is 0.375. The molecule has 4 nitrogen and oxygen atoms in total. The molecule has 7 heteroatoms. The topological polar surface area (TPSA) is 57.8 Å². The summed E-state index contributed by atoms with van der Waals surface area (Å²) < 4.78 is 38.3. The van der Waals surface area contributed by atoms with Crippen molar-refractivity contribution in [3.8, 4) is 0 Å². The van der Waals surface area contributed by atoms with Gasteiger partial charge in [0.2, 0.25) is 0 Å². The summed E-state index contributed by atoms with van der Waals surface area (Å²) in [5, 5.41) is 7.74. The van der Waals surface area contributed by atoms with Gasteiger partial charge in [-0.05, 0) is 11.5 Å². The summed E-state index contributed by atoms with van der Waals surface area (Å²) in [6, 6.07) is 9.56. The molecule has 0 bridgehead atoms. The second-order valence-electron chi connectivity index (χ2n) is 5.63. The molecule has 0 aliphatic carbocycles. The lowest BCUT2D eigenvalue weighted by Gasteiger charge is -2.22. The van der Waals surface area contributed by atoms with Crippen molar-refractivity contribution in [3.05, 3.63) is 53.3 Å². The highest BCUT2D eigenvalue weighted by Gasteiger charge is 2.37. The molecule has 1 amide bonds. The van der Waals surface area contributed by atoms with Crippen LogP contribution in [0.5, 0.6) is 0 Å². The first-order chi connectivity index (χ1) is 10.8. The van der Waals surface area contributed by atoms with Gasteiger partial charge in [0, 0.05) is 12.5 Å². The van der Waals surface area contributed by atoms with Crippen LogP contribution < -0.4 is 5.32 Å². The molecule has 0 aliphatic heterocycles. The van der Waals surface area contributed by atoms with Gasteiger partial charge in [0.25, 0.3) is 5.91 Å². The zero-order valence-corrected chi connectivity index (χ0v) is 12.8. The van der Waals surface area contributed by atoms with Crippen LogP contribution in [0.2, 0.25) is 0 Å². The summed E-state index contributed by atoms with van der Waals surface area (Å²) in [6.07, 6.45) is -3.74. The number of carbonyl (C=O) groups is 1. The van der Waals surface area contributed by atoms with Crippen molar-refractivity contribution in [2.45, 2.75) is 25.9 Å². The van der Waals surface area contributed by atoms with E-state index in [1.165, 1.54) is 0 Å². The monoisotopic (exact) mass is 325 g/mol. The lowest BCUT2D eigenvalue weighted by molar-refractivity contribution is -0.141. The van der Waals surface area contributed by atoms with E-state index in [0.29, 0.717) is 0 Å². The minimum absolute atomic E-state index is 0.0152. The van der Waals surface area contributed by atoms with Crippen molar-refractivity contribution in [2.24, 2.45) is 5.92 Å². The van der Waals surface area contributed by atoms with Crippen molar-refractivity contribution in [1.29, 1.82) is 0 Å². The summed E-state index contributed by atoms with van der Waals surface area (Å²) in [5.74, 6) is -0.543. The third-order valence-corrected chi connectivity index (χ3v) is 3.68. The summed E-state index contributed by atoms with van der Waals surface area (Å²) in [7, 11) is 0. The van der Waals surface area contributed by atoms with E-state index in [2.05, 4.69) is 10.4 Å². The van der Waals surface area contributed by atoms with E-state index in [9.17, 15) is 18.0 Å². The molecule has 23 heavy (non-hydrogen) atoms. The molecule has 2 N–H and O–H groups in total. The van der Waals surface area contributed by atoms with Crippen molar-refractivity contribution < 1.29 is 18.0 Å². The highest BCUT2D eigenvalue weighted by Crippen LogP contribution is 2.30. The van der Waals surface area contributed by atoms with Crippen LogP contribution in [0, 0.1) is 5.92 Å². The first-order valence-corrected chi connectivity index (χ1v) is 7.24. The molecular formula is C16H18F3N3O. The number of benzene rings is 1. The Morgan fingerprint density at radius 2 is 1.91 bits per heavy atom. The Labute approximate surface area is 132 Å². The molecule has 1 aromatic carbocycles. The number of aromatic nitrogens is 2. The molecule has 2 rings (SSSR count). The van der Waals surface area contributed by atoms with Gasteiger partial charge in [-0.25, -0.2) is 0 Å². The van der Waals surface area contributed by atoms with Crippen molar-refractivity contribution in [3.63, 3.8) is 0 Å². The van der Waals surface area contributed by atoms with E-state index >= 15 is 0 Å². The first kappa shape index (κ1) is 17.1. The van der Waals surface area contributed by atoms with Crippen LogP contribution in [-0.2, 0) is 6.18 Å². The number of alkyl halides is 3. The molecule has 2 aromatic rings. The fourth-order valence-electron chi connectivity index (χ4n) is 2.41. The average molecular weight is 325 g/mol. The lowest BCUT2D eigenvalue weighted by atomic mass is 9.88. The highest BCUT2D eigenvalue weighted by atomic mass is 19.4. The predicted octanol–water partition coefficient (Wildman–Crippen LogP) is 3.60. The number of nitrogens with one attached hydrogen (secondary N) is 2. The number of hydrogen-bond donors (Lipinski definition) is 2. The SMILES string of the molecule is CC(C)[C@@H](CNC(=O)c1cn[nH]c1C(F)(F)F)c1ccccc1. The maximum atomic E-state index is 12.8. The van der Waals surface area contributed by atoms with Crippen molar-refractivity contribution >= 4 is 5.91 Å². The second kappa shape index (κ2) is 6.85. The number of halogens is 3. The molecule has 0 fully saturated rings. The summed E-state index contributed by atoms with van der Waals surface area (Å²) in [6.45, 7) is 4.26. The normalized spacial score (nSPS) is 13.1. The Bertz CT molecular complexity index is 650. The average Bonchev–Trinajstić information content (AvgIpc) is 2.97. The van der Waals surface area contributed by atoms with Gasteiger partial charge in [0.1, 0.15) is 0 Å². The van der Waals surface area contributed by atoms with E-state index in [1.54, 1.807) is 0 Å². The van der Waals surface area contributed by atoms with Gasteiger partial charge >= 0.3 is 6.18 Å². The van der Waals surface area contributed by atoms with Gasteiger partial charge in [0.05, 0.1) is 11.8 Å². The molecule has 0 saturated carbocycles. The van der Waals surface area contributed by atoms with Crippen LogP contribution in [0.1, 0.15) is 41.4 Å². The van der Waals surface area contributed by atoms with Gasteiger partial charge in [-0.15, -0.1) is 0 Å². The number of hydrogen-bond acceptors (Lipinski definition) is 2. The molecule has 124 valence electrons. The number of rotatable bonds is 5. The standard InChI is InChI=1S/C16H18F3N3O/c1-10(2)12(11-6-4-3-5-7-11)8-20-15(23)13-9-21-22-14(13)16(17,18)19/h3-7,9-10,12H,8H2,1-2H3,(H,20,23)(H,21,22)/t12-/m1/s1. The Morgan fingerprint density at radius 1 is 1.26 bits per heavy atom. The van der Waals surface area contributed by atoms with E-state index in [0.717, 1.165) is 11.8 Å². The van der Waals surface area contributed by atoms with Gasteiger partial charge in [-0.2, -0.15) is 18.3 Å². The summed E-state index contributed by atoms with van der Waals surface area (Å²) >= 11 is 0. The minimum atomic E-state index is -4.64. The van der Waals surface area contributed by atoms with Crippen molar-refractivity contribution in [2.75, 3.05) is 6.54 Å². The van der Waals surface area contributed by atoms with Crippen molar-refractivity contribution in [1.82, 2.24) is 15.5 Å². The zero-order valence-electron chi connectivity index (χ0n) is 12.8. The fourth-order valence-corrected chi connectivity index (χ4v) is 2.41. The molecule has 0 saturated heterocycles. The lowest BCUT2D eigenvalue weighted by Crippen LogP contribution is -2.31. The largest absolute Gasteiger partial charge is 0.433 e. The molecule has 1 atom stereocenters. The van der Waals surface area contributed by atoms with Gasteiger partial charge in [-0.3, -0.25) is 9.89 Å². The zero-order chi connectivity index (χ0) is 17.0. The van der Waals surface area contributed by atoms with Crippen LogP contribution in [0.15, 0.2) is 36.5 Å². The van der Waals surface area contributed by atoms with Gasteiger partial charge in [0.15, 0.2) is 5.69 Å². The van der Waals surface area contributed by atoms with Crippen LogP contribution in [-0.4, -0.2) is 22.6 Å². The summed E-state index contributed by atoms with van der Waals surface area (Å²) in [5.41, 5.74) is -0.588. The highest BCUT2D eigenvalue weighted by molar-refractivity contribution is 5.95. The van der Waals surface area contributed by atoms with Crippen LogP contribution >= 0.6 is 0 Å². The third-order valence-electron chi connectivity index (χ3n) is 3.68. The van der Waals surface area contributed by atoms with Gasteiger partial charge < -0.3 is 5.32 Å². The van der Waals surface area contributed by atoms with Crippen LogP contribution in [0.3, 0.4) is 0 Å². The third kappa shape index (κ3) is 4.12. The Morgan fingerprint density at radius 3 is 2.48 bits per heavy atom.